The highest BCUT2D eigenvalue weighted by Gasteiger charge is 2.14. The summed E-state index contributed by atoms with van der Waals surface area (Å²) in [6, 6.07) is 10.5. The standard InChI is InChI=1S/C17H15N3O3S/c1-9-3-5-13-15(7-9)23-16(20-13)12-8-11(4-6-14(12)22)19-17(24)18-10(2)21/h3-8,22H,1-2H3,(H2,18,19,21,24). The van der Waals surface area contributed by atoms with Gasteiger partial charge in [-0.1, -0.05) is 6.07 Å². The van der Waals surface area contributed by atoms with E-state index in [1.54, 1.807) is 12.1 Å². The number of carbonyl (C=O) groups is 1. The van der Waals surface area contributed by atoms with Crippen molar-refractivity contribution in [2.45, 2.75) is 13.8 Å². The maximum atomic E-state index is 11.0. The fourth-order valence-electron chi connectivity index (χ4n) is 2.25. The van der Waals surface area contributed by atoms with Gasteiger partial charge in [0.1, 0.15) is 11.3 Å². The van der Waals surface area contributed by atoms with E-state index in [2.05, 4.69) is 15.6 Å². The molecule has 0 spiro atoms. The SMILES string of the molecule is CC(=O)NC(=S)Nc1ccc(O)c(-c2nc3ccc(C)cc3o2)c1. The van der Waals surface area contributed by atoms with Gasteiger partial charge in [0.05, 0.1) is 5.56 Å². The third kappa shape index (κ3) is 3.36. The number of nitrogens with one attached hydrogen (secondary N) is 2. The van der Waals surface area contributed by atoms with E-state index in [-0.39, 0.29) is 16.8 Å². The lowest BCUT2D eigenvalue weighted by molar-refractivity contribution is -0.117. The molecule has 0 atom stereocenters. The number of benzene rings is 2. The number of hydrogen-bond acceptors (Lipinski definition) is 5. The summed E-state index contributed by atoms with van der Waals surface area (Å²) < 4.78 is 5.74. The Kier molecular flexibility index (Phi) is 4.18. The van der Waals surface area contributed by atoms with Crippen molar-refractivity contribution in [2.75, 3.05) is 5.32 Å². The molecule has 0 saturated carbocycles. The molecule has 6 nitrogen and oxygen atoms in total. The number of amides is 1. The first-order valence-corrected chi connectivity index (χ1v) is 7.62. The number of oxazole rings is 1. The second-order valence-electron chi connectivity index (χ2n) is 5.36. The van der Waals surface area contributed by atoms with Gasteiger partial charge in [-0.2, -0.15) is 0 Å². The molecule has 0 fully saturated rings. The largest absolute Gasteiger partial charge is 0.507 e. The lowest BCUT2D eigenvalue weighted by Gasteiger charge is -2.09. The number of rotatable bonds is 2. The zero-order valence-corrected chi connectivity index (χ0v) is 13.9. The molecule has 3 aromatic rings. The molecule has 2 aromatic carbocycles. The Balaban J connectivity index is 1.95. The van der Waals surface area contributed by atoms with Crippen molar-refractivity contribution in [3.63, 3.8) is 0 Å². The smallest absolute Gasteiger partial charge is 0.231 e. The second kappa shape index (κ2) is 6.29. The van der Waals surface area contributed by atoms with Gasteiger partial charge in [-0.05, 0) is 55.0 Å². The van der Waals surface area contributed by atoms with Crippen molar-refractivity contribution in [3.05, 3.63) is 42.0 Å². The second-order valence-corrected chi connectivity index (χ2v) is 5.77. The number of phenols is 1. The van der Waals surface area contributed by atoms with E-state index in [4.69, 9.17) is 16.6 Å². The molecule has 24 heavy (non-hydrogen) atoms. The van der Waals surface area contributed by atoms with E-state index in [1.165, 1.54) is 13.0 Å². The maximum absolute atomic E-state index is 11.0. The van der Waals surface area contributed by atoms with Crippen LogP contribution in [0.2, 0.25) is 0 Å². The molecule has 0 bridgehead atoms. The molecule has 122 valence electrons. The highest BCUT2D eigenvalue weighted by atomic mass is 32.1. The third-order valence-corrected chi connectivity index (χ3v) is 3.52. The van der Waals surface area contributed by atoms with Crippen LogP contribution in [0.15, 0.2) is 40.8 Å². The van der Waals surface area contributed by atoms with Gasteiger partial charge in [0.2, 0.25) is 11.8 Å². The molecule has 1 heterocycles. The van der Waals surface area contributed by atoms with Crippen molar-refractivity contribution >= 4 is 40.0 Å². The number of thiocarbonyl (C=S) groups is 1. The predicted octanol–water partition coefficient (Wildman–Crippen LogP) is 3.34. The number of phenolic OH excluding ortho intramolecular Hbond substituents is 1. The lowest BCUT2D eigenvalue weighted by Crippen LogP contribution is -2.32. The number of anilines is 1. The van der Waals surface area contributed by atoms with Crippen LogP contribution in [0.5, 0.6) is 5.75 Å². The van der Waals surface area contributed by atoms with Gasteiger partial charge in [0.25, 0.3) is 0 Å². The average molecular weight is 341 g/mol. The molecular formula is C17H15N3O3S. The quantitative estimate of drug-likeness (QED) is 0.489. The Labute approximate surface area is 143 Å². The minimum atomic E-state index is -0.263. The minimum Gasteiger partial charge on any atom is -0.507 e. The van der Waals surface area contributed by atoms with Crippen LogP contribution in [0.1, 0.15) is 12.5 Å². The van der Waals surface area contributed by atoms with Crippen LogP contribution in [0.4, 0.5) is 5.69 Å². The van der Waals surface area contributed by atoms with Crippen molar-refractivity contribution in [3.8, 4) is 17.2 Å². The topological polar surface area (TPSA) is 87.4 Å². The fourth-order valence-corrected chi connectivity index (χ4v) is 2.52. The lowest BCUT2D eigenvalue weighted by atomic mass is 10.1. The molecule has 0 aliphatic carbocycles. The van der Waals surface area contributed by atoms with E-state index in [0.29, 0.717) is 28.2 Å². The van der Waals surface area contributed by atoms with Crippen LogP contribution in [-0.2, 0) is 4.79 Å². The van der Waals surface area contributed by atoms with Gasteiger partial charge in [0, 0.05) is 12.6 Å². The Morgan fingerprint density at radius 3 is 2.79 bits per heavy atom. The number of aromatic nitrogens is 1. The fraction of sp³-hybridized carbons (Fsp3) is 0.118. The number of aryl methyl sites for hydroxylation is 1. The minimum absolute atomic E-state index is 0.0364. The summed E-state index contributed by atoms with van der Waals surface area (Å²) in [7, 11) is 0. The Bertz CT molecular complexity index is 949. The highest BCUT2D eigenvalue weighted by molar-refractivity contribution is 7.80. The Morgan fingerprint density at radius 2 is 2.04 bits per heavy atom. The summed E-state index contributed by atoms with van der Waals surface area (Å²) in [4.78, 5) is 15.4. The zero-order valence-electron chi connectivity index (χ0n) is 13.1. The number of carbonyl (C=O) groups excluding carboxylic acids is 1. The molecule has 1 aromatic heterocycles. The summed E-state index contributed by atoms with van der Waals surface area (Å²) in [5.41, 5.74) is 3.45. The van der Waals surface area contributed by atoms with Crippen molar-refractivity contribution < 1.29 is 14.3 Å². The molecule has 0 aliphatic rings. The first-order valence-electron chi connectivity index (χ1n) is 7.21. The van der Waals surface area contributed by atoms with Crippen LogP contribution in [0.25, 0.3) is 22.6 Å². The monoisotopic (exact) mass is 341 g/mol. The molecule has 0 radical (unpaired) electrons. The summed E-state index contributed by atoms with van der Waals surface area (Å²) in [6.07, 6.45) is 0. The molecule has 0 aliphatic heterocycles. The van der Waals surface area contributed by atoms with Crippen LogP contribution in [0, 0.1) is 6.92 Å². The molecule has 1 amide bonds. The van der Waals surface area contributed by atoms with Crippen molar-refractivity contribution in [1.82, 2.24) is 10.3 Å². The van der Waals surface area contributed by atoms with Crippen LogP contribution < -0.4 is 10.6 Å². The summed E-state index contributed by atoms with van der Waals surface area (Å²) in [5, 5.41) is 15.6. The number of fused-ring (bicyclic) bond motifs is 1. The summed E-state index contributed by atoms with van der Waals surface area (Å²) in [6.45, 7) is 3.34. The van der Waals surface area contributed by atoms with Gasteiger partial charge in [-0.25, -0.2) is 4.98 Å². The zero-order chi connectivity index (χ0) is 17.3. The molecule has 0 unspecified atom stereocenters. The molecule has 0 saturated heterocycles. The van der Waals surface area contributed by atoms with Crippen LogP contribution in [-0.4, -0.2) is 21.1 Å². The predicted molar refractivity (Wildman–Crippen MR) is 95.9 cm³/mol. The maximum Gasteiger partial charge on any atom is 0.231 e. The third-order valence-electron chi connectivity index (χ3n) is 3.32. The van der Waals surface area contributed by atoms with Gasteiger partial charge in [-0.3, -0.25) is 4.79 Å². The normalized spacial score (nSPS) is 10.6. The van der Waals surface area contributed by atoms with E-state index < -0.39 is 0 Å². The molecule has 3 N–H and O–H groups in total. The number of hydrogen-bond donors (Lipinski definition) is 3. The molecular weight excluding hydrogens is 326 g/mol. The van der Waals surface area contributed by atoms with Gasteiger partial charge < -0.3 is 20.2 Å². The molecule has 7 heteroatoms. The van der Waals surface area contributed by atoms with Crippen LogP contribution >= 0.6 is 12.2 Å². The first kappa shape index (κ1) is 15.9. The van der Waals surface area contributed by atoms with Crippen molar-refractivity contribution in [1.29, 1.82) is 0 Å². The van der Waals surface area contributed by atoms with Gasteiger partial charge >= 0.3 is 0 Å². The Morgan fingerprint density at radius 1 is 1.25 bits per heavy atom. The average Bonchev–Trinajstić information content (AvgIpc) is 2.91. The summed E-state index contributed by atoms with van der Waals surface area (Å²) in [5.74, 6) is 0.0808. The molecule has 3 rings (SSSR count). The van der Waals surface area contributed by atoms with Gasteiger partial charge in [-0.15, -0.1) is 0 Å². The summed E-state index contributed by atoms with van der Waals surface area (Å²) >= 11 is 5.03. The van der Waals surface area contributed by atoms with E-state index in [1.807, 2.05) is 25.1 Å². The van der Waals surface area contributed by atoms with Crippen LogP contribution in [0.3, 0.4) is 0 Å². The van der Waals surface area contributed by atoms with E-state index in [9.17, 15) is 9.90 Å². The van der Waals surface area contributed by atoms with E-state index in [0.717, 1.165) is 5.56 Å². The highest BCUT2D eigenvalue weighted by Crippen LogP contribution is 2.33. The van der Waals surface area contributed by atoms with Gasteiger partial charge in [0.15, 0.2) is 10.7 Å². The number of aromatic hydroxyl groups is 1. The van der Waals surface area contributed by atoms with Crippen molar-refractivity contribution in [2.24, 2.45) is 0 Å². The first-order chi connectivity index (χ1) is 11.4. The Hall–Kier alpha value is -2.93. The van der Waals surface area contributed by atoms with E-state index >= 15 is 0 Å². The number of nitrogens with zero attached hydrogens (tertiary/aromatic N) is 1.